The number of hydrogen-bond acceptors (Lipinski definition) is 5. The molecule has 1 N–H and O–H groups in total. The topological polar surface area (TPSA) is 73.6 Å². The van der Waals surface area contributed by atoms with Gasteiger partial charge in [-0.25, -0.2) is 0 Å². The molecule has 0 saturated carbocycles. The van der Waals surface area contributed by atoms with Crippen molar-refractivity contribution in [2.24, 2.45) is 0 Å². The van der Waals surface area contributed by atoms with E-state index in [-0.39, 0.29) is 24.0 Å². The maximum absolute atomic E-state index is 11.9. The summed E-state index contributed by atoms with van der Waals surface area (Å²) in [4.78, 5) is 11.9. The molecule has 1 aliphatic rings. The van der Waals surface area contributed by atoms with Crippen molar-refractivity contribution in [3.63, 3.8) is 0 Å². The second-order valence-electron chi connectivity index (χ2n) is 6.64. The molecule has 0 aliphatic carbocycles. The van der Waals surface area contributed by atoms with Crippen LogP contribution in [0.3, 0.4) is 0 Å². The smallest absolute Gasteiger partial charge is 0.252 e. The molecule has 1 atom stereocenters. The highest BCUT2D eigenvalue weighted by atomic mass is 16.5. The van der Waals surface area contributed by atoms with Gasteiger partial charge >= 0.3 is 0 Å². The fourth-order valence-corrected chi connectivity index (χ4v) is 2.55. The van der Waals surface area contributed by atoms with E-state index < -0.39 is 0 Å². The van der Waals surface area contributed by atoms with Crippen molar-refractivity contribution in [3.8, 4) is 0 Å². The summed E-state index contributed by atoms with van der Waals surface area (Å²) in [7, 11) is 0. The Balaban J connectivity index is 1.87. The second kappa shape index (κ2) is 7.24. The van der Waals surface area contributed by atoms with Gasteiger partial charge in [0.25, 0.3) is 5.91 Å². The lowest BCUT2D eigenvalue weighted by Crippen LogP contribution is -2.23. The summed E-state index contributed by atoms with van der Waals surface area (Å²) in [6.07, 6.45) is 2.94. The maximum Gasteiger partial charge on any atom is 0.252 e. The van der Waals surface area contributed by atoms with E-state index in [9.17, 15) is 4.79 Å². The summed E-state index contributed by atoms with van der Waals surface area (Å²) < 4.78 is 16.1. The molecule has 0 unspecified atom stereocenters. The van der Waals surface area contributed by atoms with Crippen LogP contribution < -0.4 is 5.32 Å². The van der Waals surface area contributed by atoms with Crippen LogP contribution in [-0.2, 0) is 26.1 Å². The van der Waals surface area contributed by atoms with Gasteiger partial charge in [0.15, 0.2) is 0 Å². The van der Waals surface area contributed by atoms with Gasteiger partial charge < -0.3 is 14.0 Å². The highest BCUT2D eigenvalue weighted by Crippen LogP contribution is 2.30. The normalized spacial score (nSPS) is 18.6. The van der Waals surface area contributed by atoms with Crippen molar-refractivity contribution in [2.75, 3.05) is 25.1 Å². The molecule has 6 heteroatoms. The maximum atomic E-state index is 11.9. The lowest BCUT2D eigenvalue weighted by Gasteiger charge is -2.16. The Morgan fingerprint density at radius 2 is 2.23 bits per heavy atom. The fourth-order valence-electron chi connectivity index (χ4n) is 2.55. The van der Waals surface area contributed by atoms with Gasteiger partial charge in [-0.15, -0.1) is 0 Å². The first-order valence-corrected chi connectivity index (χ1v) is 7.90. The van der Waals surface area contributed by atoms with Crippen LogP contribution in [-0.4, -0.2) is 37.0 Å². The average molecular weight is 310 g/mol. The van der Waals surface area contributed by atoms with Gasteiger partial charge in [-0.2, -0.15) is 0 Å². The molecule has 2 heterocycles. The Hall–Kier alpha value is -1.40. The number of nitrogens with one attached hydrogen (secondary N) is 1. The number of hydrogen-bond donors (Lipinski definition) is 1. The van der Waals surface area contributed by atoms with Crippen LogP contribution in [0.25, 0.3) is 0 Å². The van der Waals surface area contributed by atoms with Crippen LogP contribution in [0, 0.1) is 0 Å². The van der Waals surface area contributed by atoms with Crippen LogP contribution in [0.1, 0.15) is 51.8 Å². The Morgan fingerprint density at radius 1 is 1.45 bits per heavy atom. The second-order valence-corrected chi connectivity index (χ2v) is 6.64. The van der Waals surface area contributed by atoms with Crippen molar-refractivity contribution in [3.05, 3.63) is 11.3 Å². The Bertz CT molecular complexity index is 499. The van der Waals surface area contributed by atoms with Gasteiger partial charge in [0.2, 0.25) is 5.88 Å². The zero-order valence-corrected chi connectivity index (χ0v) is 13.9. The minimum absolute atomic E-state index is 0.00539. The minimum Gasteiger partial charge on any atom is -0.376 e. The first-order valence-electron chi connectivity index (χ1n) is 7.90. The van der Waals surface area contributed by atoms with E-state index in [4.69, 9.17) is 14.0 Å². The molecule has 1 aromatic heterocycles. The number of carbonyl (C=O) groups is 1. The van der Waals surface area contributed by atoms with Crippen molar-refractivity contribution in [1.82, 2.24) is 5.16 Å². The Labute approximate surface area is 131 Å². The minimum atomic E-state index is -0.232. The number of rotatable bonds is 6. The van der Waals surface area contributed by atoms with Crippen molar-refractivity contribution < 1.29 is 18.8 Å². The van der Waals surface area contributed by atoms with Crippen LogP contribution in [0.4, 0.5) is 5.88 Å². The molecule has 124 valence electrons. The molecule has 1 amide bonds. The van der Waals surface area contributed by atoms with E-state index in [0.717, 1.165) is 37.1 Å². The number of aromatic nitrogens is 1. The molecule has 1 aromatic rings. The Kier molecular flexibility index (Phi) is 5.58. The SMILES string of the molecule is CCc1c(C(C)(C)C)noc1NC(=O)COC[C@H]1CCCO1. The van der Waals surface area contributed by atoms with Crippen molar-refractivity contribution >= 4 is 11.8 Å². The summed E-state index contributed by atoms with van der Waals surface area (Å²) in [6.45, 7) is 9.46. The molecule has 0 bridgehead atoms. The lowest BCUT2D eigenvalue weighted by molar-refractivity contribution is -0.121. The number of anilines is 1. The summed E-state index contributed by atoms with van der Waals surface area (Å²) in [6, 6.07) is 0. The number of amides is 1. The highest BCUT2D eigenvalue weighted by Gasteiger charge is 2.26. The average Bonchev–Trinajstić information content (AvgIpc) is 3.07. The Morgan fingerprint density at radius 3 is 2.82 bits per heavy atom. The first-order chi connectivity index (χ1) is 10.4. The molecule has 0 radical (unpaired) electrons. The van der Waals surface area contributed by atoms with Gasteiger partial charge in [-0.3, -0.25) is 10.1 Å². The van der Waals surface area contributed by atoms with Crippen LogP contribution in [0.5, 0.6) is 0 Å². The molecule has 1 fully saturated rings. The number of ether oxygens (including phenoxy) is 2. The van der Waals surface area contributed by atoms with E-state index in [2.05, 4.69) is 31.2 Å². The standard InChI is InChI=1S/C16H26N2O4/c1-5-12-14(16(2,3)4)18-22-15(12)17-13(19)10-20-9-11-7-6-8-21-11/h11H,5-10H2,1-4H3,(H,17,19)/t11-/m1/s1. The third-order valence-corrected chi connectivity index (χ3v) is 3.67. The molecular weight excluding hydrogens is 284 g/mol. The summed E-state index contributed by atoms with van der Waals surface area (Å²) >= 11 is 0. The molecule has 2 rings (SSSR count). The van der Waals surface area contributed by atoms with E-state index in [1.54, 1.807) is 0 Å². The predicted octanol–water partition coefficient (Wildman–Crippen LogP) is 2.67. The van der Waals surface area contributed by atoms with Gasteiger partial charge in [0, 0.05) is 17.6 Å². The van der Waals surface area contributed by atoms with Crippen molar-refractivity contribution in [2.45, 2.75) is 58.5 Å². The molecule has 1 saturated heterocycles. The third-order valence-electron chi connectivity index (χ3n) is 3.67. The van der Waals surface area contributed by atoms with Crippen LogP contribution in [0.2, 0.25) is 0 Å². The van der Waals surface area contributed by atoms with Gasteiger partial charge in [0.1, 0.15) is 6.61 Å². The number of carbonyl (C=O) groups excluding carboxylic acids is 1. The van der Waals surface area contributed by atoms with E-state index in [1.165, 1.54) is 0 Å². The predicted molar refractivity (Wildman–Crippen MR) is 83.0 cm³/mol. The third kappa shape index (κ3) is 4.30. The lowest BCUT2D eigenvalue weighted by atomic mass is 9.88. The molecule has 0 aromatic carbocycles. The summed E-state index contributed by atoms with van der Waals surface area (Å²) in [5.74, 6) is 0.197. The van der Waals surface area contributed by atoms with E-state index in [1.807, 2.05) is 6.92 Å². The zero-order chi connectivity index (χ0) is 16.2. The van der Waals surface area contributed by atoms with Gasteiger partial charge in [-0.05, 0) is 19.3 Å². The molecule has 1 aliphatic heterocycles. The van der Waals surface area contributed by atoms with E-state index in [0.29, 0.717) is 12.5 Å². The summed E-state index contributed by atoms with van der Waals surface area (Å²) in [5, 5.41) is 6.85. The van der Waals surface area contributed by atoms with E-state index >= 15 is 0 Å². The quantitative estimate of drug-likeness (QED) is 0.874. The number of nitrogens with zero attached hydrogens (tertiary/aromatic N) is 1. The van der Waals surface area contributed by atoms with Gasteiger partial charge in [0.05, 0.1) is 18.4 Å². The monoisotopic (exact) mass is 310 g/mol. The largest absolute Gasteiger partial charge is 0.376 e. The first kappa shape index (κ1) is 17.0. The molecule has 22 heavy (non-hydrogen) atoms. The van der Waals surface area contributed by atoms with Crippen LogP contribution in [0.15, 0.2) is 4.52 Å². The molecule has 6 nitrogen and oxygen atoms in total. The fraction of sp³-hybridized carbons (Fsp3) is 0.750. The molecular formula is C16H26N2O4. The van der Waals surface area contributed by atoms with Crippen molar-refractivity contribution in [1.29, 1.82) is 0 Å². The highest BCUT2D eigenvalue weighted by molar-refractivity contribution is 5.91. The van der Waals surface area contributed by atoms with Gasteiger partial charge in [-0.1, -0.05) is 32.9 Å². The molecule has 0 spiro atoms. The van der Waals surface area contributed by atoms with Crippen LogP contribution >= 0.6 is 0 Å². The zero-order valence-electron chi connectivity index (χ0n) is 13.9. The summed E-state index contributed by atoms with van der Waals surface area (Å²) in [5.41, 5.74) is 1.71.